The molecule has 24 heavy (non-hydrogen) atoms. The van der Waals surface area contributed by atoms with Gasteiger partial charge in [-0.2, -0.15) is 0 Å². The average molecular weight is 443 g/mol. The first kappa shape index (κ1) is 19.1. The summed E-state index contributed by atoms with van der Waals surface area (Å²) >= 11 is 0. The molecule has 6 heteroatoms. The molecule has 0 aliphatic heterocycles. The van der Waals surface area contributed by atoms with Gasteiger partial charge in [0.2, 0.25) is 0 Å². The number of benzene rings is 1. The van der Waals surface area contributed by atoms with Crippen LogP contribution in [0.25, 0.3) is 11.0 Å². The third kappa shape index (κ3) is 5.11. The second-order valence-corrected chi connectivity index (χ2v) is 6.02. The van der Waals surface area contributed by atoms with Crippen molar-refractivity contribution < 1.29 is 9.15 Å². The summed E-state index contributed by atoms with van der Waals surface area (Å²) in [5.41, 5.74) is 2.11. The van der Waals surface area contributed by atoms with E-state index in [4.69, 9.17) is 9.15 Å². The Morgan fingerprint density at radius 2 is 2.08 bits per heavy atom. The van der Waals surface area contributed by atoms with Crippen molar-refractivity contribution >= 4 is 40.9 Å². The maximum atomic E-state index is 5.90. The number of hydrogen-bond acceptors (Lipinski definition) is 3. The zero-order chi connectivity index (χ0) is 16.1. The van der Waals surface area contributed by atoms with Crippen LogP contribution in [-0.4, -0.2) is 32.8 Å². The molecule has 0 bridgehead atoms. The molecule has 3 rings (SSSR count). The Morgan fingerprint density at radius 3 is 2.79 bits per heavy atom. The lowest BCUT2D eigenvalue weighted by Gasteiger charge is -2.11. The van der Waals surface area contributed by atoms with E-state index in [2.05, 4.69) is 28.6 Å². The molecule has 1 heterocycles. The second kappa shape index (κ2) is 9.27. The third-order valence-corrected chi connectivity index (χ3v) is 4.17. The fraction of sp³-hybridized carbons (Fsp3) is 0.500. The lowest BCUT2D eigenvalue weighted by molar-refractivity contribution is 0.129. The summed E-state index contributed by atoms with van der Waals surface area (Å²) in [7, 11) is 1.77. The van der Waals surface area contributed by atoms with Crippen LogP contribution in [-0.2, 0) is 11.3 Å². The molecule has 2 aromatic rings. The fourth-order valence-electron chi connectivity index (χ4n) is 2.55. The van der Waals surface area contributed by atoms with E-state index in [0.717, 1.165) is 36.4 Å². The van der Waals surface area contributed by atoms with Gasteiger partial charge in [-0.3, -0.25) is 4.99 Å². The van der Waals surface area contributed by atoms with Crippen LogP contribution in [0.3, 0.4) is 0 Å². The number of para-hydroxylation sites is 1. The molecule has 0 atom stereocenters. The zero-order valence-electron chi connectivity index (χ0n) is 14.3. The molecule has 0 radical (unpaired) electrons. The number of ether oxygens (including phenoxy) is 1. The quantitative estimate of drug-likeness (QED) is 0.298. The number of rotatable bonds is 7. The molecule has 1 aliphatic carbocycles. The summed E-state index contributed by atoms with van der Waals surface area (Å²) in [4.78, 5) is 4.23. The summed E-state index contributed by atoms with van der Waals surface area (Å²) in [6.45, 7) is 5.06. The number of aliphatic imine (C=N–C) groups is 1. The van der Waals surface area contributed by atoms with Crippen LogP contribution in [0.1, 0.15) is 24.2 Å². The van der Waals surface area contributed by atoms with Crippen LogP contribution in [0.15, 0.2) is 33.7 Å². The van der Waals surface area contributed by atoms with E-state index in [-0.39, 0.29) is 24.0 Å². The fourth-order valence-corrected chi connectivity index (χ4v) is 2.55. The number of hydrogen-bond donors (Lipinski definition) is 2. The van der Waals surface area contributed by atoms with Gasteiger partial charge in [0.15, 0.2) is 5.96 Å². The minimum Gasteiger partial charge on any atom is -0.459 e. The van der Waals surface area contributed by atoms with Crippen LogP contribution < -0.4 is 10.6 Å². The van der Waals surface area contributed by atoms with Gasteiger partial charge in [-0.1, -0.05) is 18.2 Å². The first-order chi connectivity index (χ1) is 11.3. The van der Waals surface area contributed by atoms with Crippen LogP contribution in [0, 0.1) is 12.8 Å². The zero-order valence-corrected chi connectivity index (χ0v) is 16.6. The van der Waals surface area contributed by atoms with Crippen LogP contribution in [0.2, 0.25) is 0 Å². The molecule has 0 saturated heterocycles. The van der Waals surface area contributed by atoms with E-state index in [1.54, 1.807) is 7.05 Å². The van der Waals surface area contributed by atoms with Gasteiger partial charge < -0.3 is 19.8 Å². The van der Waals surface area contributed by atoms with Crippen LogP contribution in [0.4, 0.5) is 0 Å². The molecule has 0 spiro atoms. The maximum absolute atomic E-state index is 5.90. The van der Waals surface area contributed by atoms with E-state index in [9.17, 15) is 0 Å². The summed E-state index contributed by atoms with van der Waals surface area (Å²) in [6.07, 6.45) is 2.65. The van der Waals surface area contributed by atoms with Crippen molar-refractivity contribution in [1.29, 1.82) is 0 Å². The van der Waals surface area contributed by atoms with E-state index in [0.29, 0.717) is 13.2 Å². The predicted octanol–water partition coefficient (Wildman–Crippen LogP) is 3.45. The van der Waals surface area contributed by atoms with Crippen molar-refractivity contribution in [3.63, 3.8) is 0 Å². The molecule has 0 unspecified atom stereocenters. The van der Waals surface area contributed by atoms with Gasteiger partial charge in [0.25, 0.3) is 0 Å². The molecule has 0 amide bonds. The minimum atomic E-state index is 0. The highest BCUT2D eigenvalue weighted by Crippen LogP contribution is 2.28. The number of nitrogens with one attached hydrogen (secondary N) is 2. The largest absolute Gasteiger partial charge is 0.459 e. The average Bonchev–Trinajstić information content (AvgIpc) is 3.34. The van der Waals surface area contributed by atoms with Gasteiger partial charge in [-0.15, -0.1) is 24.0 Å². The predicted molar refractivity (Wildman–Crippen MR) is 108 cm³/mol. The highest BCUT2D eigenvalue weighted by molar-refractivity contribution is 14.0. The summed E-state index contributed by atoms with van der Waals surface area (Å²) in [5, 5.41) is 7.72. The highest BCUT2D eigenvalue weighted by Gasteiger charge is 2.20. The summed E-state index contributed by atoms with van der Waals surface area (Å²) in [5.74, 6) is 2.52. The number of nitrogens with zero attached hydrogens (tertiary/aromatic N) is 1. The summed E-state index contributed by atoms with van der Waals surface area (Å²) in [6, 6.07) is 8.10. The number of halogens is 1. The smallest absolute Gasteiger partial charge is 0.191 e. The molecule has 1 aliphatic rings. The Bertz CT molecular complexity index is 680. The molecule has 132 valence electrons. The van der Waals surface area contributed by atoms with Gasteiger partial charge in [0.1, 0.15) is 11.3 Å². The lowest BCUT2D eigenvalue weighted by Crippen LogP contribution is -2.38. The van der Waals surface area contributed by atoms with E-state index >= 15 is 0 Å². The van der Waals surface area contributed by atoms with Gasteiger partial charge in [-0.05, 0) is 31.7 Å². The molecule has 1 aromatic heterocycles. The van der Waals surface area contributed by atoms with Gasteiger partial charge in [-0.25, -0.2) is 0 Å². The van der Waals surface area contributed by atoms with Crippen LogP contribution >= 0.6 is 24.0 Å². The van der Waals surface area contributed by atoms with Crippen molar-refractivity contribution in [2.45, 2.75) is 26.3 Å². The molecule has 5 nitrogen and oxygen atoms in total. The normalized spacial score (nSPS) is 14.5. The standard InChI is InChI=1S/C18H25N3O2.HI/c1-13-15-5-3-4-6-16(15)23-17(13)11-21-18(19-2)20-9-10-22-12-14-7-8-14;/h3-6,14H,7-12H2,1-2H3,(H2,19,20,21);1H. The third-order valence-electron chi connectivity index (χ3n) is 4.17. The first-order valence-electron chi connectivity index (χ1n) is 8.27. The van der Waals surface area contributed by atoms with Gasteiger partial charge >= 0.3 is 0 Å². The monoisotopic (exact) mass is 443 g/mol. The Labute approximate surface area is 160 Å². The van der Waals surface area contributed by atoms with E-state index in [1.165, 1.54) is 23.8 Å². The highest BCUT2D eigenvalue weighted by atomic mass is 127. The first-order valence-corrected chi connectivity index (χ1v) is 8.27. The Kier molecular flexibility index (Phi) is 7.36. The lowest BCUT2D eigenvalue weighted by atomic mass is 10.1. The molecular formula is C18H26IN3O2. The topological polar surface area (TPSA) is 58.8 Å². The Morgan fingerprint density at radius 1 is 1.29 bits per heavy atom. The second-order valence-electron chi connectivity index (χ2n) is 6.02. The summed E-state index contributed by atoms with van der Waals surface area (Å²) < 4.78 is 11.5. The number of furan rings is 1. The van der Waals surface area contributed by atoms with Crippen molar-refractivity contribution in [1.82, 2.24) is 10.6 Å². The van der Waals surface area contributed by atoms with Crippen molar-refractivity contribution in [3.05, 3.63) is 35.6 Å². The van der Waals surface area contributed by atoms with E-state index in [1.807, 2.05) is 18.2 Å². The number of aryl methyl sites for hydroxylation is 1. The van der Waals surface area contributed by atoms with Crippen molar-refractivity contribution in [3.8, 4) is 0 Å². The SMILES string of the molecule is CN=C(NCCOCC1CC1)NCc1oc2ccccc2c1C.I. The van der Waals surface area contributed by atoms with Crippen molar-refractivity contribution in [2.75, 3.05) is 26.8 Å². The minimum absolute atomic E-state index is 0. The van der Waals surface area contributed by atoms with Crippen LogP contribution in [0.5, 0.6) is 0 Å². The molecule has 1 fully saturated rings. The Balaban J connectivity index is 0.00000208. The molecule has 2 N–H and O–H groups in total. The van der Waals surface area contributed by atoms with Gasteiger partial charge in [0, 0.05) is 31.1 Å². The molecular weight excluding hydrogens is 417 g/mol. The molecule has 1 aromatic carbocycles. The number of fused-ring (bicyclic) bond motifs is 1. The Hall–Kier alpha value is -1.28. The number of guanidine groups is 1. The van der Waals surface area contributed by atoms with E-state index < -0.39 is 0 Å². The molecule has 1 saturated carbocycles. The van der Waals surface area contributed by atoms with Crippen molar-refractivity contribution in [2.24, 2.45) is 10.9 Å². The van der Waals surface area contributed by atoms with Gasteiger partial charge in [0.05, 0.1) is 13.2 Å². The maximum Gasteiger partial charge on any atom is 0.191 e.